The third kappa shape index (κ3) is 5.32. The van der Waals surface area contributed by atoms with Gasteiger partial charge in [-0.15, -0.1) is 11.8 Å². The molecule has 0 radical (unpaired) electrons. The Morgan fingerprint density at radius 2 is 1.75 bits per heavy atom. The molecule has 28 heavy (non-hydrogen) atoms. The Kier molecular flexibility index (Phi) is 7.08. The number of rotatable bonds is 6. The van der Waals surface area contributed by atoms with E-state index in [-0.39, 0.29) is 23.2 Å². The van der Waals surface area contributed by atoms with Crippen molar-refractivity contribution in [2.75, 3.05) is 18.8 Å². The second kappa shape index (κ2) is 9.52. The van der Waals surface area contributed by atoms with Gasteiger partial charge in [-0.3, -0.25) is 9.59 Å². The van der Waals surface area contributed by atoms with Gasteiger partial charge in [-0.2, -0.15) is 0 Å². The predicted octanol–water partition coefficient (Wildman–Crippen LogP) is 4.97. The van der Waals surface area contributed by atoms with Crippen molar-refractivity contribution < 1.29 is 18.4 Å². The number of piperidine rings is 1. The van der Waals surface area contributed by atoms with Crippen molar-refractivity contribution in [2.45, 2.75) is 18.6 Å². The lowest BCUT2D eigenvalue weighted by Crippen LogP contribution is -2.41. The molecular weight excluding hydrogens is 404 g/mol. The molecule has 0 spiro atoms. The average Bonchev–Trinajstić information content (AvgIpc) is 2.71. The van der Waals surface area contributed by atoms with Crippen LogP contribution >= 0.6 is 23.4 Å². The van der Waals surface area contributed by atoms with Gasteiger partial charge < -0.3 is 4.90 Å². The van der Waals surface area contributed by atoms with Crippen LogP contribution < -0.4 is 0 Å². The fraction of sp³-hybridized carbons (Fsp3) is 0.333. The molecule has 0 aliphatic carbocycles. The minimum absolute atomic E-state index is 0.0294. The van der Waals surface area contributed by atoms with Crippen LogP contribution in [0, 0.1) is 17.6 Å². The highest BCUT2D eigenvalue weighted by Crippen LogP contribution is 2.24. The molecule has 0 N–H and O–H groups in total. The molecule has 0 aromatic heterocycles. The van der Waals surface area contributed by atoms with Crippen LogP contribution in [0.15, 0.2) is 42.5 Å². The van der Waals surface area contributed by atoms with Gasteiger partial charge in [0, 0.05) is 29.8 Å². The van der Waals surface area contributed by atoms with Crippen molar-refractivity contribution in [3.8, 4) is 0 Å². The summed E-state index contributed by atoms with van der Waals surface area (Å²) in [7, 11) is 0. The molecule has 1 aliphatic heterocycles. The van der Waals surface area contributed by atoms with Crippen LogP contribution in [0.3, 0.4) is 0 Å². The maximum atomic E-state index is 13.8. The molecular formula is C21H20ClF2NO2S. The highest BCUT2D eigenvalue weighted by Gasteiger charge is 2.29. The second-order valence-electron chi connectivity index (χ2n) is 6.76. The summed E-state index contributed by atoms with van der Waals surface area (Å²) >= 11 is 7.39. The molecule has 148 valence electrons. The number of nitrogens with zero attached hydrogens (tertiary/aromatic N) is 1. The molecule has 1 saturated heterocycles. The van der Waals surface area contributed by atoms with Gasteiger partial charge in [-0.25, -0.2) is 8.78 Å². The van der Waals surface area contributed by atoms with Crippen LogP contribution in [0.2, 0.25) is 5.02 Å². The topological polar surface area (TPSA) is 37.4 Å². The van der Waals surface area contributed by atoms with Gasteiger partial charge in [-0.05, 0) is 48.7 Å². The number of ketones is 1. The minimum Gasteiger partial charge on any atom is -0.342 e. The first-order valence-electron chi connectivity index (χ1n) is 9.03. The van der Waals surface area contributed by atoms with E-state index < -0.39 is 11.6 Å². The van der Waals surface area contributed by atoms with Crippen LogP contribution in [0.4, 0.5) is 8.78 Å². The van der Waals surface area contributed by atoms with E-state index in [0.29, 0.717) is 36.7 Å². The zero-order valence-electron chi connectivity index (χ0n) is 15.2. The molecule has 0 bridgehead atoms. The molecule has 2 aromatic rings. The number of carbonyl (C=O) groups excluding carboxylic acids is 2. The smallest absolute Gasteiger partial charge is 0.232 e. The van der Waals surface area contributed by atoms with Gasteiger partial charge in [0.1, 0.15) is 11.6 Å². The Balaban J connectivity index is 1.46. The number of halogens is 3. The molecule has 2 aromatic carbocycles. The second-order valence-corrected chi connectivity index (χ2v) is 8.18. The van der Waals surface area contributed by atoms with Crippen LogP contribution in [0.25, 0.3) is 0 Å². The lowest BCUT2D eigenvalue weighted by Gasteiger charge is -2.31. The van der Waals surface area contributed by atoms with E-state index in [9.17, 15) is 18.4 Å². The van der Waals surface area contributed by atoms with Gasteiger partial charge >= 0.3 is 0 Å². The molecule has 1 amide bonds. The molecule has 1 fully saturated rings. The van der Waals surface area contributed by atoms with E-state index >= 15 is 0 Å². The number of hydrogen-bond donors (Lipinski definition) is 0. The third-order valence-electron chi connectivity index (χ3n) is 4.82. The van der Waals surface area contributed by atoms with E-state index in [1.807, 2.05) is 24.3 Å². The Morgan fingerprint density at radius 3 is 2.43 bits per heavy atom. The van der Waals surface area contributed by atoms with Crippen molar-refractivity contribution in [3.05, 3.63) is 70.2 Å². The monoisotopic (exact) mass is 423 g/mol. The first-order valence-corrected chi connectivity index (χ1v) is 10.6. The predicted molar refractivity (Wildman–Crippen MR) is 108 cm³/mol. The fourth-order valence-corrected chi connectivity index (χ4v) is 4.24. The van der Waals surface area contributed by atoms with E-state index in [1.165, 1.54) is 11.8 Å². The number of hydrogen-bond acceptors (Lipinski definition) is 3. The van der Waals surface area contributed by atoms with E-state index in [4.69, 9.17) is 11.6 Å². The molecule has 0 unspecified atom stereocenters. The van der Waals surface area contributed by atoms with Crippen molar-refractivity contribution in [1.29, 1.82) is 0 Å². The van der Waals surface area contributed by atoms with Crippen LogP contribution in [-0.2, 0) is 10.5 Å². The van der Waals surface area contributed by atoms with Crippen molar-refractivity contribution >= 4 is 35.1 Å². The zero-order valence-corrected chi connectivity index (χ0v) is 16.7. The highest BCUT2D eigenvalue weighted by molar-refractivity contribution is 7.99. The molecule has 3 nitrogen and oxygen atoms in total. The largest absolute Gasteiger partial charge is 0.342 e. The van der Waals surface area contributed by atoms with Crippen LogP contribution in [0.1, 0.15) is 28.8 Å². The molecule has 1 aliphatic rings. The normalized spacial score (nSPS) is 14.9. The summed E-state index contributed by atoms with van der Waals surface area (Å²) in [5.74, 6) is -1.00. The molecule has 7 heteroatoms. The lowest BCUT2D eigenvalue weighted by molar-refractivity contribution is -0.129. The van der Waals surface area contributed by atoms with E-state index in [0.717, 1.165) is 29.5 Å². The summed E-state index contributed by atoms with van der Waals surface area (Å²) in [6, 6.07) is 10.4. The standard InChI is InChI=1S/C21H20ClF2NO2S/c22-16-3-1-14(2-4-16)12-28-13-20(26)25-9-7-15(8-10-25)21(27)18-11-17(23)5-6-19(18)24/h1-6,11,15H,7-10,12-13H2. The summed E-state index contributed by atoms with van der Waals surface area (Å²) in [5, 5.41) is 0.681. The maximum absolute atomic E-state index is 13.8. The molecule has 0 saturated carbocycles. The molecule has 1 heterocycles. The number of Topliss-reactive ketones (excluding diaryl/α,β-unsaturated/α-hetero) is 1. The van der Waals surface area contributed by atoms with Crippen molar-refractivity contribution in [3.63, 3.8) is 0 Å². The Bertz CT molecular complexity index is 852. The number of amides is 1. The summed E-state index contributed by atoms with van der Waals surface area (Å²) in [5.41, 5.74) is 0.895. The Hall–Kier alpha value is -1.92. The van der Waals surface area contributed by atoms with Crippen molar-refractivity contribution in [2.24, 2.45) is 5.92 Å². The number of likely N-dealkylation sites (tertiary alicyclic amines) is 1. The van der Waals surface area contributed by atoms with Gasteiger partial charge in [0.2, 0.25) is 5.91 Å². The molecule has 3 rings (SSSR count). The number of thioether (sulfide) groups is 1. The lowest BCUT2D eigenvalue weighted by atomic mass is 9.88. The highest BCUT2D eigenvalue weighted by atomic mass is 35.5. The quantitative estimate of drug-likeness (QED) is 0.615. The van der Waals surface area contributed by atoms with Crippen LogP contribution in [-0.4, -0.2) is 35.4 Å². The number of benzene rings is 2. The Morgan fingerprint density at radius 1 is 1.07 bits per heavy atom. The summed E-state index contributed by atoms with van der Waals surface area (Å²) in [6.07, 6.45) is 0.921. The first-order chi connectivity index (χ1) is 13.4. The van der Waals surface area contributed by atoms with Gasteiger partial charge in [0.05, 0.1) is 11.3 Å². The fourth-order valence-electron chi connectivity index (χ4n) is 3.23. The van der Waals surface area contributed by atoms with E-state index in [2.05, 4.69) is 0 Å². The summed E-state index contributed by atoms with van der Waals surface area (Å²) in [4.78, 5) is 26.6. The maximum Gasteiger partial charge on any atom is 0.232 e. The molecule has 0 atom stereocenters. The number of carbonyl (C=O) groups is 2. The average molecular weight is 424 g/mol. The zero-order chi connectivity index (χ0) is 20.1. The third-order valence-corrected chi connectivity index (χ3v) is 6.06. The summed E-state index contributed by atoms with van der Waals surface area (Å²) < 4.78 is 27.1. The van der Waals surface area contributed by atoms with Gasteiger partial charge in [-0.1, -0.05) is 23.7 Å². The Labute approximate surface area is 172 Å². The van der Waals surface area contributed by atoms with E-state index in [1.54, 1.807) is 4.90 Å². The van der Waals surface area contributed by atoms with Gasteiger partial charge in [0.25, 0.3) is 0 Å². The van der Waals surface area contributed by atoms with Crippen molar-refractivity contribution in [1.82, 2.24) is 4.90 Å². The first kappa shape index (κ1) is 20.8. The van der Waals surface area contributed by atoms with Crippen LogP contribution in [0.5, 0.6) is 0 Å². The SMILES string of the molecule is O=C(c1cc(F)ccc1F)C1CCN(C(=O)CSCc2ccc(Cl)cc2)CC1. The minimum atomic E-state index is -0.705. The summed E-state index contributed by atoms with van der Waals surface area (Å²) in [6.45, 7) is 0.904. The van der Waals surface area contributed by atoms with Gasteiger partial charge in [0.15, 0.2) is 5.78 Å².